The Labute approximate surface area is 102 Å². The van der Waals surface area contributed by atoms with Gasteiger partial charge in [0.05, 0.1) is 16.3 Å². The van der Waals surface area contributed by atoms with Crippen molar-refractivity contribution in [3.8, 4) is 0 Å². The minimum Gasteiger partial charge on any atom is -0.398 e. The van der Waals surface area contributed by atoms with Crippen molar-refractivity contribution in [1.82, 2.24) is 0 Å². The van der Waals surface area contributed by atoms with Crippen LogP contribution in [0.5, 0.6) is 0 Å². The first kappa shape index (κ1) is 13.3. The molecule has 1 aromatic carbocycles. The summed E-state index contributed by atoms with van der Waals surface area (Å²) in [4.78, 5) is 0.139. The van der Waals surface area contributed by atoms with E-state index in [0.29, 0.717) is 5.02 Å². The minimum absolute atomic E-state index is 0.105. The van der Waals surface area contributed by atoms with Crippen molar-refractivity contribution < 1.29 is 8.42 Å². The number of nitrogens with two attached hydrogens (primary N) is 1. The SMILES string of the molecule is CCC(C)CS(=O)(=O)c1cc(Cl)ccc1N. The Kier molecular flexibility index (Phi) is 4.21. The summed E-state index contributed by atoms with van der Waals surface area (Å²) in [5.41, 5.74) is 5.91. The molecule has 1 aromatic rings. The van der Waals surface area contributed by atoms with Crippen LogP contribution in [0.2, 0.25) is 5.02 Å². The molecule has 0 aliphatic heterocycles. The molecule has 0 aliphatic carbocycles. The van der Waals surface area contributed by atoms with Crippen molar-refractivity contribution in [2.75, 3.05) is 11.5 Å². The lowest BCUT2D eigenvalue weighted by Gasteiger charge is -2.11. The van der Waals surface area contributed by atoms with Crippen molar-refractivity contribution in [2.24, 2.45) is 5.92 Å². The van der Waals surface area contributed by atoms with Gasteiger partial charge in [0.25, 0.3) is 0 Å². The highest BCUT2D eigenvalue weighted by atomic mass is 35.5. The third kappa shape index (κ3) is 3.12. The summed E-state index contributed by atoms with van der Waals surface area (Å²) in [6, 6.07) is 4.51. The van der Waals surface area contributed by atoms with Gasteiger partial charge in [0.1, 0.15) is 0 Å². The van der Waals surface area contributed by atoms with E-state index in [1.807, 2.05) is 13.8 Å². The van der Waals surface area contributed by atoms with Crippen LogP contribution >= 0.6 is 11.6 Å². The molecule has 1 atom stereocenters. The van der Waals surface area contributed by atoms with E-state index >= 15 is 0 Å². The number of halogens is 1. The van der Waals surface area contributed by atoms with Gasteiger partial charge in [-0.1, -0.05) is 31.9 Å². The Morgan fingerprint density at radius 2 is 2.06 bits per heavy atom. The van der Waals surface area contributed by atoms with Crippen LogP contribution in [0.1, 0.15) is 20.3 Å². The Balaban J connectivity index is 3.12. The molecule has 0 spiro atoms. The van der Waals surface area contributed by atoms with E-state index in [4.69, 9.17) is 17.3 Å². The van der Waals surface area contributed by atoms with Gasteiger partial charge in [0, 0.05) is 5.02 Å². The zero-order valence-electron chi connectivity index (χ0n) is 9.40. The van der Waals surface area contributed by atoms with Crippen LogP contribution in [0.4, 0.5) is 5.69 Å². The summed E-state index contributed by atoms with van der Waals surface area (Å²) in [7, 11) is -3.33. The van der Waals surface area contributed by atoms with E-state index in [1.54, 1.807) is 6.07 Å². The molecule has 3 nitrogen and oxygen atoms in total. The Morgan fingerprint density at radius 1 is 1.44 bits per heavy atom. The zero-order valence-corrected chi connectivity index (χ0v) is 11.0. The summed E-state index contributed by atoms with van der Waals surface area (Å²) < 4.78 is 24.1. The Hall–Kier alpha value is -0.740. The van der Waals surface area contributed by atoms with Gasteiger partial charge in [-0.3, -0.25) is 0 Å². The molecule has 0 saturated heterocycles. The molecule has 0 bridgehead atoms. The van der Waals surface area contributed by atoms with E-state index in [0.717, 1.165) is 6.42 Å². The lowest BCUT2D eigenvalue weighted by atomic mass is 10.2. The van der Waals surface area contributed by atoms with Crippen LogP contribution in [-0.4, -0.2) is 14.2 Å². The zero-order chi connectivity index (χ0) is 12.3. The summed E-state index contributed by atoms with van der Waals surface area (Å²) in [5, 5.41) is 0.386. The average molecular weight is 262 g/mol. The average Bonchev–Trinajstić information content (AvgIpc) is 2.20. The fraction of sp³-hybridized carbons (Fsp3) is 0.455. The molecule has 2 N–H and O–H groups in total. The van der Waals surface area contributed by atoms with Crippen molar-refractivity contribution >= 4 is 27.1 Å². The van der Waals surface area contributed by atoms with Crippen LogP contribution in [0, 0.1) is 5.92 Å². The van der Waals surface area contributed by atoms with Gasteiger partial charge in [-0.2, -0.15) is 0 Å². The highest BCUT2D eigenvalue weighted by Crippen LogP contribution is 2.25. The smallest absolute Gasteiger partial charge is 0.180 e. The number of rotatable bonds is 4. The first-order valence-corrected chi connectivity index (χ1v) is 7.17. The number of nitrogen functional groups attached to an aromatic ring is 1. The van der Waals surface area contributed by atoms with Gasteiger partial charge in [-0.15, -0.1) is 0 Å². The molecule has 0 aromatic heterocycles. The second-order valence-electron chi connectivity index (χ2n) is 3.98. The maximum Gasteiger partial charge on any atom is 0.180 e. The molecule has 1 unspecified atom stereocenters. The normalized spacial score (nSPS) is 13.7. The topological polar surface area (TPSA) is 60.2 Å². The Bertz CT molecular complexity index is 471. The lowest BCUT2D eigenvalue weighted by molar-refractivity contribution is 0.564. The molecular formula is C11H16ClNO2S. The molecule has 0 amide bonds. The molecule has 0 saturated carbocycles. The number of anilines is 1. The van der Waals surface area contributed by atoms with Crippen molar-refractivity contribution in [2.45, 2.75) is 25.2 Å². The summed E-state index contributed by atoms with van der Waals surface area (Å²) in [6.45, 7) is 3.86. The molecule has 16 heavy (non-hydrogen) atoms. The highest BCUT2D eigenvalue weighted by Gasteiger charge is 2.20. The molecular weight excluding hydrogens is 246 g/mol. The van der Waals surface area contributed by atoms with E-state index in [1.165, 1.54) is 12.1 Å². The van der Waals surface area contributed by atoms with E-state index < -0.39 is 9.84 Å². The monoisotopic (exact) mass is 261 g/mol. The maximum atomic E-state index is 12.0. The molecule has 90 valence electrons. The van der Waals surface area contributed by atoms with Gasteiger partial charge in [0.15, 0.2) is 9.84 Å². The minimum atomic E-state index is -3.33. The largest absolute Gasteiger partial charge is 0.398 e. The van der Waals surface area contributed by atoms with Crippen LogP contribution in [-0.2, 0) is 9.84 Å². The van der Waals surface area contributed by atoms with Gasteiger partial charge < -0.3 is 5.73 Å². The maximum absolute atomic E-state index is 12.0. The number of benzene rings is 1. The standard InChI is InChI=1S/C11H16ClNO2S/c1-3-8(2)7-16(14,15)11-6-9(12)4-5-10(11)13/h4-6,8H,3,7,13H2,1-2H3. The molecule has 0 fully saturated rings. The van der Waals surface area contributed by atoms with E-state index in [-0.39, 0.29) is 22.3 Å². The van der Waals surface area contributed by atoms with Gasteiger partial charge in [0.2, 0.25) is 0 Å². The highest BCUT2D eigenvalue weighted by molar-refractivity contribution is 7.91. The molecule has 5 heteroatoms. The third-order valence-electron chi connectivity index (χ3n) is 2.51. The van der Waals surface area contributed by atoms with Crippen LogP contribution in [0.15, 0.2) is 23.1 Å². The number of hydrogen-bond acceptors (Lipinski definition) is 3. The predicted octanol–water partition coefficient (Wildman–Crippen LogP) is 2.74. The van der Waals surface area contributed by atoms with Gasteiger partial charge in [-0.25, -0.2) is 8.42 Å². The van der Waals surface area contributed by atoms with Crippen LogP contribution < -0.4 is 5.73 Å². The fourth-order valence-corrected chi connectivity index (χ4v) is 3.49. The Morgan fingerprint density at radius 3 is 2.62 bits per heavy atom. The van der Waals surface area contributed by atoms with Crippen molar-refractivity contribution in [3.63, 3.8) is 0 Å². The quantitative estimate of drug-likeness (QED) is 0.848. The van der Waals surface area contributed by atoms with E-state index in [9.17, 15) is 8.42 Å². The van der Waals surface area contributed by atoms with E-state index in [2.05, 4.69) is 0 Å². The molecule has 1 rings (SSSR count). The van der Waals surface area contributed by atoms with Crippen LogP contribution in [0.3, 0.4) is 0 Å². The molecule has 0 aliphatic rings. The number of hydrogen-bond donors (Lipinski definition) is 1. The first-order chi connectivity index (χ1) is 7.36. The van der Waals surface area contributed by atoms with Crippen molar-refractivity contribution in [1.29, 1.82) is 0 Å². The second kappa shape index (κ2) is 5.06. The lowest BCUT2D eigenvalue weighted by Crippen LogP contribution is -2.15. The molecule has 0 radical (unpaired) electrons. The fourth-order valence-electron chi connectivity index (χ4n) is 1.36. The van der Waals surface area contributed by atoms with Gasteiger partial charge in [-0.05, 0) is 24.1 Å². The summed E-state index contributed by atoms with van der Waals surface area (Å²) >= 11 is 5.77. The van der Waals surface area contributed by atoms with Crippen molar-refractivity contribution in [3.05, 3.63) is 23.2 Å². The summed E-state index contributed by atoms with van der Waals surface area (Å²) in [6.07, 6.45) is 0.819. The third-order valence-corrected chi connectivity index (χ3v) is 4.78. The second-order valence-corrected chi connectivity index (χ2v) is 6.42. The van der Waals surface area contributed by atoms with Crippen LogP contribution in [0.25, 0.3) is 0 Å². The summed E-state index contributed by atoms with van der Waals surface area (Å²) in [5.74, 6) is 0.219. The predicted molar refractivity (Wildman–Crippen MR) is 67.4 cm³/mol. The van der Waals surface area contributed by atoms with Gasteiger partial charge >= 0.3 is 0 Å². The molecule has 0 heterocycles. The first-order valence-electron chi connectivity index (χ1n) is 5.14. The number of sulfone groups is 1.